The van der Waals surface area contributed by atoms with E-state index in [4.69, 9.17) is 9.16 Å². The predicted molar refractivity (Wildman–Crippen MR) is 127 cm³/mol. The molecule has 160 valence electrons. The van der Waals surface area contributed by atoms with E-state index in [2.05, 4.69) is 81.4 Å². The van der Waals surface area contributed by atoms with E-state index in [0.29, 0.717) is 12.8 Å². The maximum Gasteiger partial charge on any atom is 0.310 e. The van der Waals surface area contributed by atoms with E-state index >= 15 is 0 Å². The number of ether oxygens (including phenoxy) is 1. The van der Waals surface area contributed by atoms with Crippen LogP contribution < -0.4 is 10.4 Å². The fourth-order valence-corrected chi connectivity index (χ4v) is 9.25. The molecule has 0 spiro atoms. The fraction of sp³-hybridized carbons (Fsp3) is 0.296. The molecule has 0 N–H and O–H groups in total. The van der Waals surface area contributed by atoms with Gasteiger partial charge in [-0.15, -0.1) is 0 Å². The normalized spacial score (nSPS) is 17.5. The molecular formula is C27H30O3Si. The first kappa shape index (κ1) is 21.5. The number of carbonyl (C=O) groups is 1. The Hall–Kier alpha value is -2.69. The number of benzene rings is 3. The number of rotatable bonds is 7. The zero-order valence-corrected chi connectivity index (χ0v) is 19.5. The lowest BCUT2D eigenvalue weighted by Crippen LogP contribution is -2.69. The van der Waals surface area contributed by atoms with E-state index in [0.717, 1.165) is 0 Å². The summed E-state index contributed by atoms with van der Waals surface area (Å²) >= 11 is 0. The van der Waals surface area contributed by atoms with Gasteiger partial charge in [0.15, 0.2) is 0 Å². The van der Waals surface area contributed by atoms with E-state index in [1.54, 1.807) is 0 Å². The van der Waals surface area contributed by atoms with Crippen LogP contribution in [0.2, 0.25) is 5.04 Å². The highest BCUT2D eigenvalue weighted by Crippen LogP contribution is 2.39. The second-order valence-electron chi connectivity index (χ2n) is 9.24. The lowest BCUT2D eigenvalue weighted by molar-refractivity contribution is -0.179. The van der Waals surface area contributed by atoms with Crippen molar-refractivity contribution in [1.29, 1.82) is 0 Å². The van der Waals surface area contributed by atoms with Crippen molar-refractivity contribution in [3.05, 3.63) is 96.6 Å². The lowest BCUT2D eigenvalue weighted by Gasteiger charge is -2.47. The highest BCUT2D eigenvalue weighted by atomic mass is 28.4. The largest absolute Gasteiger partial charge is 0.459 e. The molecule has 1 saturated heterocycles. The van der Waals surface area contributed by atoms with Crippen molar-refractivity contribution in [2.24, 2.45) is 0 Å². The van der Waals surface area contributed by atoms with Crippen molar-refractivity contribution in [1.82, 2.24) is 0 Å². The zero-order valence-electron chi connectivity index (χ0n) is 18.5. The van der Waals surface area contributed by atoms with Gasteiger partial charge in [-0.1, -0.05) is 112 Å². The van der Waals surface area contributed by atoms with Gasteiger partial charge in [-0.2, -0.15) is 0 Å². The molecule has 1 fully saturated rings. The summed E-state index contributed by atoms with van der Waals surface area (Å²) in [5, 5.41) is 2.34. The van der Waals surface area contributed by atoms with Crippen LogP contribution in [0.15, 0.2) is 91.0 Å². The topological polar surface area (TPSA) is 35.5 Å². The third-order valence-electron chi connectivity index (χ3n) is 6.09. The smallest absolute Gasteiger partial charge is 0.310 e. The van der Waals surface area contributed by atoms with Crippen LogP contribution in [-0.4, -0.2) is 26.5 Å². The summed E-state index contributed by atoms with van der Waals surface area (Å²) in [5.74, 6) is -0.144. The predicted octanol–water partition coefficient (Wildman–Crippen LogP) is 4.49. The molecule has 3 nitrogen and oxygen atoms in total. The molecule has 31 heavy (non-hydrogen) atoms. The van der Waals surface area contributed by atoms with Crippen LogP contribution in [0, 0.1) is 0 Å². The molecule has 2 atom stereocenters. The van der Waals surface area contributed by atoms with Gasteiger partial charge in [-0.25, -0.2) is 0 Å². The number of carbonyl (C=O) groups excluding carboxylic acids is 1. The van der Waals surface area contributed by atoms with Crippen molar-refractivity contribution in [3.8, 4) is 0 Å². The van der Waals surface area contributed by atoms with Crippen LogP contribution in [0.25, 0.3) is 0 Å². The Bertz CT molecular complexity index is 949. The zero-order chi connectivity index (χ0) is 21.9. The molecule has 1 aliphatic rings. The van der Waals surface area contributed by atoms with Gasteiger partial charge in [0.1, 0.15) is 6.10 Å². The third-order valence-corrected chi connectivity index (χ3v) is 11.2. The first-order chi connectivity index (χ1) is 14.9. The van der Waals surface area contributed by atoms with Crippen LogP contribution in [0.5, 0.6) is 0 Å². The van der Waals surface area contributed by atoms with E-state index in [9.17, 15) is 4.79 Å². The van der Waals surface area contributed by atoms with Crippen molar-refractivity contribution in [3.63, 3.8) is 0 Å². The summed E-state index contributed by atoms with van der Waals surface area (Å²) in [6, 6.07) is 31.5. The van der Waals surface area contributed by atoms with E-state index in [1.165, 1.54) is 15.9 Å². The van der Waals surface area contributed by atoms with Crippen molar-refractivity contribution >= 4 is 24.7 Å². The summed E-state index contributed by atoms with van der Waals surface area (Å²) in [6.07, 6.45) is 0.708. The van der Waals surface area contributed by atoms with Gasteiger partial charge in [0, 0.05) is 6.42 Å². The highest BCUT2D eigenvalue weighted by Gasteiger charge is 2.53. The quantitative estimate of drug-likeness (QED) is 0.409. The summed E-state index contributed by atoms with van der Waals surface area (Å²) in [5.41, 5.74) is 1.19. The van der Waals surface area contributed by atoms with Gasteiger partial charge in [-0.3, -0.25) is 4.79 Å². The first-order valence-electron chi connectivity index (χ1n) is 10.9. The average Bonchev–Trinajstić information content (AvgIpc) is 2.75. The Balaban J connectivity index is 1.82. The molecule has 0 amide bonds. The van der Waals surface area contributed by atoms with E-state index in [-0.39, 0.29) is 23.2 Å². The number of esters is 1. The Morgan fingerprint density at radius 2 is 1.32 bits per heavy atom. The fourth-order valence-electron chi connectivity index (χ4n) is 4.54. The summed E-state index contributed by atoms with van der Waals surface area (Å²) in [6.45, 7) is 6.81. The summed E-state index contributed by atoms with van der Waals surface area (Å²) < 4.78 is 12.9. The van der Waals surface area contributed by atoms with Gasteiger partial charge < -0.3 is 9.16 Å². The van der Waals surface area contributed by atoms with Crippen LogP contribution >= 0.6 is 0 Å². The van der Waals surface area contributed by atoms with Gasteiger partial charge >= 0.3 is 5.97 Å². The molecule has 4 heteroatoms. The SMILES string of the molecule is CC(C)(C)[Si](O[C@@H](Cc1ccccc1)[C@H]1CC(=O)O1)(c1ccccc1)c1ccccc1. The minimum absolute atomic E-state index is 0.127. The number of hydrogen-bond acceptors (Lipinski definition) is 3. The molecule has 3 aromatic carbocycles. The second kappa shape index (κ2) is 8.81. The molecule has 0 aliphatic carbocycles. The molecule has 1 heterocycles. The second-order valence-corrected chi connectivity index (χ2v) is 13.5. The Kier molecular flexibility index (Phi) is 6.12. The molecule has 0 unspecified atom stereocenters. The standard InChI is InChI=1S/C27H30O3Si/c1-27(2,3)31(22-15-9-5-10-16-22,23-17-11-6-12-18-23)30-25(24-20-26(28)29-24)19-21-13-7-4-8-14-21/h4-18,24-25H,19-20H2,1-3H3/t24-,25+/m1/s1. The first-order valence-corrected chi connectivity index (χ1v) is 12.8. The molecular weight excluding hydrogens is 400 g/mol. The van der Waals surface area contributed by atoms with Crippen molar-refractivity contribution < 1.29 is 14.0 Å². The molecule has 3 aromatic rings. The molecule has 0 radical (unpaired) electrons. The maximum absolute atomic E-state index is 11.7. The van der Waals surface area contributed by atoms with Crippen molar-refractivity contribution in [2.75, 3.05) is 0 Å². The minimum atomic E-state index is -2.72. The highest BCUT2D eigenvalue weighted by molar-refractivity contribution is 6.99. The summed E-state index contributed by atoms with van der Waals surface area (Å²) in [7, 11) is -2.72. The average molecular weight is 431 g/mol. The Morgan fingerprint density at radius 1 is 0.871 bits per heavy atom. The van der Waals surface area contributed by atoms with Gasteiger partial charge in [0.05, 0.1) is 12.5 Å². The molecule has 4 rings (SSSR count). The van der Waals surface area contributed by atoms with Crippen LogP contribution in [0.4, 0.5) is 0 Å². The third kappa shape index (κ3) is 4.36. The van der Waals surface area contributed by atoms with Gasteiger partial charge in [0.2, 0.25) is 0 Å². The number of cyclic esters (lactones) is 1. The molecule has 0 aromatic heterocycles. The van der Waals surface area contributed by atoms with E-state index < -0.39 is 8.32 Å². The van der Waals surface area contributed by atoms with Gasteiger partial charge in [0.25, 0.3) is 8.32 Å². The summed E-state index contributed by atoms with van der Waals surface area (Å²) in [4.78, 5) is 11.7. The Morgan fingerprint density at radius 3 is 1.74 bits per heavy atom. The molecule has 0 bridgehead atoms. The molecule has 0 saturated carbocycles. The van der Waals surface area contributed by atoms with Crippen LogP contribution in [0.3, 0.4) is 0 Å². The Labute approximate surface area is 186 Å². The molecule has 1 aliphatic heterocycles. The van der Waals surface area contributed by atoms with E-state index in [1.807, 2.05) is 30.3 Å². The monoisotopic (exact) mass is 430 g/mol. The lowest BCUT2D eigenvalue weighted by atomic mass is 9.99. The van der Waals surface area contributed by atoms with Gasteiger partial charge in [-0.05, 0) is 21.0 Å². The number of hydrogen-bond donors (Lipinski definition) is 0. The van der Waals surface area contributed by atoms with Crippen LogP contribution in [-0.2, 0) is 20.4 Å². The minimum Gasteiger partial charge on any atom is -0.459 e. The van der Waals surface area contributed by atoms with Crippen molar-refractivity contribution in [2.45, 2.75) is 50.9 Å². The maximum atomic E-state index is 11.7. The van der Waals surface area contributed by atoms with Crippen LogP contribution in [0.1, 0.15) is 32.8 Å².